The monoisotopic (exact) mass is 539 g/mol. The van der Waals surface area contributed by atoms with Crippen LogP contribution >= 0.6 is 11.6 Å². The van der Waals surface area contributed by atoms with E-state index in [1.54, 1.807) is 62.4 Å². The van der Waals surface area contributed by atoms with Crippen LogP contribution in [0.3, 0.4) is 0 Å². The first-order valence-electron chi connectivity index (χ1n) is 11.3. The van der Waals surface area contributed by atoms with Gasteiger partial charge in [-0.25, -0.2) is 0 Å². The van der Waals surface area contributed by atoms with E-state index in [4.69, 9.17) is 16.3 Å². The zero-order valence-corrected chi connectivity index (χ0v) is 22.1. The first-order valence-corrected chi connectivity index (χ1v) is 13.1. The van der Waals surface area contributed by atoms with E-state index in [2.05, 4.69) is 14.8 Å². The summed E-state index contributed by atoms with van der Waals surface area (Å²) in [6.45, 7) is 0.355. The third-order valence-corrected chi connectivity index (χ3v) is 7.08. The highest BCUT2D eigenvalue weighted by Crippen LogP contribution is 2.29. The Kier molecular flexibility index (Phi) is 7.80. The van der Waals surface area contributed by atoms with Gasteiger partial charge in [0.05, 0.1) is 25.6 Å². The highest BCUT2D eigenvalue weighted by atomic mass is 35.5. The summed E-state index contributed by atoms with van der Waals surface area (Å²) >= 11 is 6.18. The van der Waals surface area contributed by atoms with E-state index in [1.165, 1.54) is 17.3 Å². The van der Waals surface area contributed by atoms with Crippen molar-refractivity contribution in [3.8, 4) is 5.75 Å². The van der Waals surface area contributed by atoms with Crippen molar-refractivity contribution in [3.63, 3.8) is 0 Å². The Morgan fingerprint density at radius 1 is 1.14 bits per heavy atom. The second-order valence-corrected chi connectivity index (χ2v) is 10.5. The third-order valence-electron chi connectivity index (χ3n) is 5.45. The Morgan fingerprint density at radius 3 is 2.54 bits per heavy atom. The zero-order chi connectivity index (χ0) is 26.6. The lowest BCUT2D eigenvalue weighted by Crippen LogP contribution is -2.15. The summed E-state index contributed by atoms with van der Waals surface area (Å²) in [6.07, 6.45) is 2.89. The molecule has 0 radical (unpaired) electrons. The molecular formula is C26H26ClN5O4S. The number of ether oxygens (including phenoxy) is 1. The third kappa shape index (κ3) is 6.28. The van der Waals surface area contributed by atoms with Crippen molar-refractivity contribution < 1.29 is 17.9 Å². The van der Waals surface area contributed by atoms with Gasteiger partial charge < -0.3 is 15.0 Å². The second kappa shape index (κ2) is 11.0. The molecule has 4 rings (SSSR count). The molecule has 4 aromatic rings. The van der Waals surface area contributed by atoms with Crippen LogP contribution in [0.4, 0.5) is 5.69 Å². The van der Waals surface area contributed by atoms with Crippen LogP contribution in [-0.4, -0.2) is 56.5 Å². The molecule has 11 heteroatoms. The number of hydrogen-bond donors (Lipinski definition) is 1. The molecule has 0 atom stereocenters. The molecule has 0 bridgehead atoms. The van der Waals surface area contributed by atoms with Gasteiger partial charge >= 0.3 is 0 Å². The number of rotatable bonds is 9. The molecule has 0 fully saturated rings. The number of sulfonamides is 1. The standard InChI is InChI=1S/C26H26ClN5O4S/c1-31(2)17-28-37(34,35)25-14-20(29-26(33)12-18-8-4-6-10-22(18)27)13-23-21(25)16-32(30-23)15-19-9-5-7-11-24(19)36-3/h4-11,13-14,16-17H,12,15H2,1-3H3,(H,29,33). The lowest BCUT2D eigenvalue weighted by molar-refractivity contribution is -0.115. The Bertz CT molecular complexity index is 1580. The van der Waals surface area contributed by atoms with Gasteiger partial charge in [0.2, 0.25) is 5.91 Å². The van der Waals surface area contributed by atoms with Crippen molar-refractivity contribution in [3.05, 3.63) is 83.0 Å². The molecule has 9 nitrogen and oxygen atoms in total. The first kappa shape index (κ1) is 26.2. The number of methoxy groups -OCH3 is 1. The van der Waals surface area contributed by atoms with Gasteiger partial charge in [0.25, 0.3) is 10.0 Å². The molecule has 0 aliphatic rings. The highest BCUT2D eigenvalue weighted by molar-refractivity contribution is 7.90. The minimum Gasteiger partial charge on any atom is -0.496 e. The number of nitrogens with one attached hydrogen (secondary N) is 1. The normalized spacial score (nSPS) is 11.7. The van der Waals surface area contributed by atoms with Crippen LogP contribution in [0.1, 0.15) is 11.1 Å². The van der Waals surface area contributed by atoms with Crippen LogP contribution in [-0.2, 0) is 27.8 Å². The number of carbonyl (C=O) groups excluding carboxylic acids is 1. The van der Waals surface area contributed by atoms with Crippen LogP contribution in [0.25, 0.3) is 10.9 Å². The summed E-state index contributed by atoms with van der Waals surface area (Å²) in [5, 5.41) is 8.21. The molecule has 0 aliphatic carbocycles. The summed E-state index contributed by atoms with van der Waals surface area (Å²) in [4.78, 5) is 14.2. The van der Waals surface area contributed by atoms with Gasteiger partial charge in [-0.1, -0.05) is 48.0 Å². The molecule has 37 heavy (non-hydrogen) atoms. The van der Waals surface area contributed by atoms with E-state index in [1.807, 2.05) is 24.3 Å². The maximum absolute atomic E-state index is 13.2. The van der Waals surface area contributed by atoms with Gasteiger partial charge in [0, 0.05) is 42.0 Å². The summed E-state index contributed by atoms with van der Waals surface area (Å²) in [5.74, 6) is 0.346. The molecular weight excluding hydrogens is 514 g/mol. The predicted molar refractivity (Wildman–Crippen MR) is 145 cm³/mol. The maximum atomic E-state index is 13.2. The van der Waals surface area contributed by atoms with Crippen molar-refractivity contribution in [2.75, 3.05) is 26.5 Å². The summed E-state index contributed by atoms with van der Waals surface area (Å²) in [5.41, 5.74) is 2.21. The average molecular weight is 540 g/mol. The van der Waals surface area contributed by atoms with Crippen LogP contribution in [0, 0.1) is 0 Å². The van der Waals surface area contributed by atoms with Crippen molar-refractivity contribution in [1.29, 1.82) is 0 Å². The second-order valence-electron chi connectivity index (χ2n) is 8.52. The molecule has 0 aliphatic heterocycles. The predicted octanol–water partition coefficient (Wildman–Crippen LogP) is 4.21. The number of fused-ring (bicyclic) bond motifs is 1. The molecule has 1 amide bonds. The van der Waals surface area contributed by atoms with Gasteiger partial charge in [0.15, 0.2) is 0 Å². The van der Waals surface area contributed by atoms with E-state index in [0.717, 1.165) is 5.56 Å². The number of carbonyl (C=O) groups is 1. The molecule has 0 saturated heterocycles. The minimum atomic E-state index is -4.10. The van der Waals surface area contributed by atoms with Gasteiger partial charge in [-0.05, 0) is 29.8 Å². The van der Waals surface area contributed by atoms with Crippen LogP contribution in [0.2, 0.25) is 5.02 Å². The average Bonchev–Trinajstić information content (AvgIpc) is 3.26. The SMILES string of the molecule is COc1ccccc1Cn1cc2c(S(=O)(=O)N=CN(C)C)cc(NC(=O)Cc3ccccc3Cl)cc2n1. The Balaban J connectivity index is 1.74. The number of halogens is 1. The molecule has 0 saturated carbocycles. The number of aromatic nitrogens is 2. The Hall–Kier alpha value is -3.89. The molecule has 0 spiro atoms. The van der Waals surface area contributed by atoms with E-state index >= 15 is 0 Å². The zero-order valence-electron chi connectivity index (χ0n) is 20.6. The molecule has 1 N–H and O–H groups in total. The van der Waals surface area contributed by atoms with Crippen molar-refractivity contribution in [1.82, 2.24) is 14.7 Å². The molecule has 1 aromatic heterocycles. The number of nitrogens with zero attached hydrogens (tertiary/aromatic N) is 4. The summed E-state index contributed by atoms with van der Waals surface area (Å²) in [7, 11) is 0.830. The van der Waals surface area contributed by atoms with Gasteiger partial charge in [0.1, 0.15) is 17.0 Å². The van der Waals surface area contributed by atoms with E-state index in [9.17, 15) is 13.2 Å². The van der Waals surface area contributed by atoms with E-state index < -0.39 is 10.0 Å². The van der Waals surface area contributed by atoms with Crippen molar-refractivity contribution in [2.24, 2.45) is 4.40 Å². The number of hydrogen-bond acceptors (Lipinski definition) is 5. The molecule has 1 heterocycles. The molecule has 192 valence electrons. The lowest BCUT2D eigenvalue weighted by atomic mass is 10.1. The van der Waals surface area contributed by atoms with Gasteiger partial charge in [-0.3, -0.25) is 9.48 Å². The van der Waals surface area contributed by atoms with Crippen LogP contribution in [0.5, 0.6) is 5.75 Å². The fourth-order valence-corrected chi connectivity index (χ4v) is 5.09. The number of para-hydroxylation sites is 1. The number of amides is 1. The Labute approximate surface area is 220 Å². The Morgan fingerprint density at radius 2 is 1.84 bits per heavy atom. The van der Waals surface area contributed by atoms with E-state index in [-0.39, 0.29) is 22.9 Å². The fourth-order valence-electron chi connectivity index (χ4n) is 3.75. The van der Waals surface area contributed by atoms with Gasteiger partial charge in [-0.2, -0.15) is 13.5 Å². The minimum absolute atomic E-state index is 0.0286. The van der Waals surface area contributed by atoms with Crippen molar-refractivity contribution in [2.45, 2.75) is 17.9 Å². The van der Waals surface area contributed by atoms with Crippen molar-refractivity contribution >= 4 is 50.5 Å². The quantitative estimate of drug-likeness (QED) is 0.252. The van der Waals surface area contributed by atoms with Crippen LogP contribution in [0.15, 0.2) is 76.2 Å². The summed E-state index contributed by atoms with van der Waals surface area (Å²) in [6, 6.07) is 17.6. The maximum Gasteiger partial charge on any atom is 0.284 e. The summed E-state index contributed by atoms with van der Waals surface area (Å²) < 4.78 is 37.2. The lowest BCUT2D eigenvalue weighted by Gasteiger charge is -2.09. The highest BCUT2D eigenvalue weighted by Gasteiger charge is 2.21. The molecule has 0 unspecified atom stereocenters. The fraction of sp³-hybridized carbons (Fsp3) is 0.192. The van der Waals surface area contributed by atoms with Gasteiger partial charge in [-0.15, -0.1) is 4.40 Å². The smallest absolute Gasteiger partial charge is 0.284 e. The largest absolute Gasteiger partial charge is 0.496 e. The number of anilines is 1. The first-order chi connectivity index (χ1) is 17.7. The molecule has 3 aromatic carbocycles. The van der Waals surface area contributed by atoms with E-state index in [0.29, 0.717) is 33.8 Å². The number of benzene rings is 3. The topological polar surface area (TPSA) is 106 Å². The van der Waals surface area contributed by atoms with Crippen LogP contribution < -0.4 is 10.1 Å².